The number of ether oxygens (including phenoxy) is 2. The monoisotopic (exact) mass is 345 g/mol. The van der Waals surface area contributed by atoms with Crippen molar-refractivity contribution in [3.63, 3.8) is 0 Å². The van der Waals surface area contributed by atoms with Crippen molar-refractivity contribution in [3.8, 4) is 5.75 Å². The third-order valence-corrected chi connectivity index (χ3v) is 3.38. The van der Waals surface area contributed by atoms with Gasteiger partial charge in [-0.05, 0) is 49.2 Å². The minimum Gasteiger partial charge on any atom is -0.479 e. The highest BCUT2D eigenvalue weighted by Gasteiger charge is 2.17. The first-order valence-corrected chi connectivity index (χ1v) is 7.85. The van der Waals surface area contributed by atoms with Crippen molar-refractivity contribution in [3.05, 3.63) is 65.5 Å². The molecule has 1 amide bonds. The Morgan fingerprint density at radius 2 is 1.88 bits per heavy atom. The van der Waals surface area contributed by atoms with E-state index in [4.69, 9.17) is 9.47 Å². The molecule has 6 heteroatoms. The zero-order valence-electron chi connectivity index (χ0n) is 14.1. The van der Waals surface area contributed by atoms with Gasteiger partial charge in [-0.15, -0.1) is 0 Å². The van der Waals surface area contributed by atoms with Gasteiger partial charge in [0.15, 0.2) is 12.7 Å². The zero-order chi connectivity index (χ0) is 18.2. The van der Waals surface area contributed by atoms with Gasteiger partial charge in [-0.3, -0.25) is 4.79 Å². The summed E-state index contributed by atoms with van der Waals surface area (Å²) in [5, 5.41) is 2.59. The highest BCUT2D eigenvalue weighted by atomic mass is 19.1. The Hall–Kier alpha value is -2.89. The molecule has 132 valence electrons. The summed E-state index contributed by atoms with van der Waals surface area (Å²) in [6, 6.07) is 13.1. The molecule has 0 aliphatic rings. The number of hydrogen-bond donors (Lipinski definition) is 1. The van der Waals surface area contributed by atoms with Crippen LogP contribution in [0.3, 0.4) is 0 Å². The molecule has 0 saturated heterocycles. The van der Waals surface area contributed by atoms with Crippen molar-refractivity contribution in [1.82, 2.24) is 5.32 Å². The predicted octanol–water partition coefficient (Wildman–Crippen LogP) is 2.76. The Morgan fingerprint density at radius 1 is 1.16 bits per heavy atom. The fourth-order valence-electron chi connectivity index (χ4n) is 2.05. The van der Waals surface area contributed by atoms with E-state index in [0.29, 0.717) is 5.75 Å². The van der Waals surface area contributed by atoms with Crippen LogP contribution in [0.1, 0.15) is 18.1 Å². The molecule has 25 heavy (non-hydrogen) atoms. The summed E-state index contributed by atoms with van der Waals surface area (Å²) in [6.07, 6.45) is -0.827. The van der Waals surface area contributed by atoms with Crippen LogP contribution in [0.2, 0.25) is 0 Å². The molecule has 0 fully saturated rings. The summed E-state index contributed by atoms with van der Waals surface area (Å²) in [4.78, 5) is 23.6. The van der Waals surface area contributed by atoms with Crippen LogP contribution in [-0.4, -0.2) is 24.6 Å². The number of halogens is 1. The SMILES string of the molecule is Cc1cccc(O[C@@H](C)C(=O)OCC(=O)NCc2ccc(F)cc2)c1. The summed E-state index contributed by atoms with van der Waals surface area (Å²) in [6.45, 7) is 3.30. The maximum atomic E-state index is 12.8. The summed E-state index contributed by atoms with van der Waals surface area (Å²) >= 11 is 0. The molecule has 0 spiro atoms. The summed E-state index contributed by atoms with van der Waals surface area (Å²) in [7, 11) is 0. The van der Waals surface area contributed by atoms with Crippen LogP contribution in [0.5, 0.6) is 5.75 Å². The van der Waals surface area contributed by atoms with Crippen molar-refractivity contribution in [2.75, 3.05) is 6.61 Å². The lowest BCUT2D eigenvalue weighted by Crippen LogP contribution is -2.32. The number of carbonyl (C=O) groups excluding carboxylic acids is 2. The fraction of sp³-hybridized carbons (Fsp3) is 0.263. The first kappa shape index (κ1) is 18.4. The van der Waals surface area contributed by atoms with Gasteiger partial charge in [0.05, 0.1) is 0 Å². The highest BCUT2D eigenvalue weighted by molar-refractivity contribution is 5.81. The van der Waals surface area contributed by atoms with Gasteiger partial charge in [0, 0.05) is 6.54 Å². The van der Waals surface area contributed by atoms with Crippen LogP contribution < -0.4 is 10.1 Å². The first-order chi connectivity index (χ1) is 11.9. The van der Waals surface area contributed by atoms with Gasteiger partial charge in [0.1, 0.15) is 11.6 Å². The number of esters is 1. The normalized spacial score (nSPS) is 11.5. The molecular formula is C19H20FNO4. The maximum absolute atomic E-state index is 12.8. The standard InChI is InChI=1S/C19H20FNO4/c1-13-4-3-5-17(10-13)25-14(2)19(23)24-12-18(22)21-11-15-6-8-16(20)9-7-15/h3-10,14H,11-12H2,1-2H3,(H,21,22)/t14-/m0/s1. The number of rotatable bonds is 7. The number of benzene rings is 2. The van der Waals surface area contributed by atoms with Crippen LogP contribution >= 0.6 is 0 Å². The van der Waals surface area contributed by atoms with E-state index in [0.717, 1.165) is 11.1 Å². The van der Waals surface area contributed by atoms with E-state index in [1.807, 2.05) is 19.1 Å². The molecule has 0 aliphatic heterocycles. The predicted molar refractivity (Wildman–Crippen MR) is 90.5 cm³/mol. The maximum Gasteiger partial charge on any atom is 0.347 e. The Bertz CT molecular complexity index is 730. The second kappa shape index (κ2) is 8.82. The lowest BCUT2D eigenvalue weighted by atomic mass is 10.2. The Labute approximate surface area is 145 Å². The quantitative estimate of drug-likeness (QED) is 0.784. The van der Waals surface area contributed by atoms with Crippen molar-refractivity contribution < 1.29 is 23.5 Å². The lowest BCUT2D eigenvalue weighted by Gasteiger charge is -2.14. The second-order valence-electron chi connectivity index (χ2n) is 5.59. The fourth-order valence-corrected chi connectivity index (χ4v) is 2.05. The third-order valence-electron chi connectivity index (χ3n) is 3.38. The van der Waals surface area contributed by atoms with Gasteiger partial charge in [0.25, 0.3) is 5.91 Å². The smallest absolute Gasteiger partial charge is 0.347 e. The van der Waals surface area contributed by atoms with E-state index in [-0.39, 0.29) is 12.4 Å². The van der Waals surface area contributed by atoms with Crippen molar-refractivity contribution in [1.29, 1.82) is 0 Å². The highest BCUT2D eigenvalue weighted by Crippen LogP contribution is 2.14. The number of nitrogens with one attached hydrogen (secondary N) is 1. The molecule has 2 aromatic rings. The van der Waals surface area contributed by atoms with Crippen LogP contribution in [0, 0.1) is 12.7 Å². The van der Waals surface area contributed by atoms with Gasteiger partial charge >= 0.3 is 5.97 Å². The Morgan fingerprint density at radius 3 is 2.56 bits per heavy atom. The van der Waals surface area contributed by atoms with E-state index in [1.165, 1.54) is 12.1 Å². The molecule has 0 aliphatic carbocycles. The van der Waals surface area contributed by atoms with Crippen molar-refractivity contribution in [2.45, 2.75) is 26.5 Å². The minimum absolute atomic E-state index is 0.228. The molecule has 1 atom stereocenters. The van der Waals surface area contributed by atoms with Crippen LogP contribution in [0.4, 0.5) is 4.39 Å². The molecule has 0 aromatic heterocycles. The van der Waals surface area contributed by atoms with Crippen LogP contribution in [0.15, 0.2) is 48.5 Å². The molecule has 0 radical (unpaired) electrons. The van der Waals surface area contributed by atoms with Crippen LogP contribution in [0.25, 0.3) is 0 Å². The summed E-state index contributed by atoms with van der Waals surface area (Å²) in [5.41, 5.74) is 1.76. The van der Waals surface area contributed by atoms with Gasteiger partial charge < -0.3 is 14.8 Å². The molecule has 0 saturated carbocycles. The van der Waals surface area contributed by atoms with Crippen molar-refractivity contribution in [2.24, 2.45) is 0 Å². The third kappa shape index (κ3) is 6.25. The topological polar surface area (TPSA) is 64.6 Å². The molecule has 5 nitrogen and oxygen atoms in total. The number of hydrogen-bond acceptors (Lipinski definition) is 4. The van der Waals surface area contributed by atoms with Gasteiger partial charge in [-0.25, -0.2) is 9.18 Å². The Kier molecular flexibility index (Phi) is 6.51. The second-order valence-corrected chi connectivity index (χ2v) is 5.59. The number of amides is 1. The van der Waals surface area contributed by atoms with E-state index >= 15 is 0 Å². The average Bonchev–Trinajstić information content (AvgIpc) is 2.59. The van der Waals surface area contributed by atoms with E-state index in [2.05, 4.69) is 5.32 Å². The van der Waals surface area contributed by atoms with Crippen molar-refractivity contribution >= 4 is 11.9 Å². The molecule has 0 heterocycles. The lowest BCUT2D eigenvalue weighted by molar-refractivity contribution is -0.154. The molecular weight excluding hydrogens is 325 g/mol. The van der Waals surface area contributed by atoms with Gasteiger partial charge in [0.2, 0.25) is 0 Å². The average molecular weight is 345 g/mol. The van der Waals surface area contributed by atoms with Gasteiger partial charge in [-0.2, -0.15) is 0 Å². The Balaban J connectivity index is 1.72. The zero-order valence-corrected chi connectivity index (χ0v) is 14.1. The molecule has 1 N–H and O–H groups in total. The molecule has 2 aromatic carbocycles. The molecule has 0 bridgehead atoms. The van der Waals surface area contributed by atoms with E-state index in [9.17, 15) is 14.0 Å². The van der Waals surface area contributed by atoms with E-state index < -0.39 is 24.6 Å². The largest absolute Gasteiger partial charge is 0.479 e. The van der Waals surface area contributed by atoms with Gasteiger partial charge in [-0.1, -0.05) is 24.3 Å². The molecule has 0 unspecified atom stereocenters. The minimum atomic E-state index is -0.827. The summed E-state index contributed by atoms with van der Waals surface area (Å²) < 4.78 is 23.2. The number of aryl methyl sites for hydroxylation is 1. The summed E-state index contributed by atoms with van der Waals surface area (Å²) in [5.74, 6) is -0.851. The number of carbonyl (C=O) groups is 2. The first-order valence-electron chi connectivity index (χ1n) is 7.85. The molecule has 2 rings (SSSR count). The van der Waals surface area contributed by atoms with E-state index in [1.54, 1.807) is 31.2 Å². The van der Waals surface area contributed by atoms with Crippen LogP contribution in [-0.2, 0) is 20.9 Å².